The van der Waals surface area contributed by atoms with Crippen LogP contribution in [-0.4, -0.2) is 24.4 Å². The molecule has 0 aliphatic carbocycles. The Labute approximate surface area is 114 Å². The number of hydrogen-bond acceptors (Lipinski definition) is 4. The topological polar surface area (TPSA) is 48.4 Å². The van der Waals surface area contributed by atoms with Crippen LogP contribution in [0, 0.1) is 0 Å². The highest BCUT2D eigenvalue weighted by Crippen LogP contribution is 2.31. The summed E-state index contributed by atoms with van der Waals surface area (Å²) in [5.74, 6) is -3.00. The Morgan fingerprint density at radius 1 is 1.45 bits per heavy atom. The molecule has 0 aliphatic rings. The lowest BCUT2D eigenvalue weighted by molar-refractivity contribution is -0.276. The number of alkyl halides is 6. The minimum atomic E-state index is -5.20. The molecule has 0 N–H and O–H groups in total. The van der Waals surface area contributed by atoms with E-state index in [2.05, 4.69) is 14.5 Å². The van der Waals surface area contributed by atoms with Gasteiger partial charge in [-0.05, 0) is 11.6 Å². The van der Waals surface area contributed by atoms with Crippen molar-refractivity contribution in [3.05, 3.63) is 22.9 Å². The van der Waals surface area contributed by atoms with Gasteiger partial charge in [0.2, 0.25) is 5.88 Å². The van der Waals surface area contributed by atoms with Crippen molar-refractivity contribution >= 4 is 17.6 Å². The van der Waals surface area contributed by atoms with Crippen molar-refractivity contribution in [2.24, 2.45) is 0 Å². The summed E-state index contributed by atoms with van der Waals surface area (Å²) in [4.78, 5) is 14.3. The lowest BCUT2D eigenvalue weighted by Crippen LogP contribution is -2.21. The minimum Gasteiger partial charge on any atom is -0.465 e. The molecule has 1 aromatic rings. The smallest absolute Gasteiger partial charge is 0.465 e. The van der Waals surface area contributed by atoms with Crippen LogP contribution in [0.15, 0.2) is 6.07 Å². The van der Waals surface area contributed by atoms with Gasteiger partial charge in [0.25, 0.3) is 6.43 Å². The fourth-order valence-electron chi connectivity index (χ4n) is 1.29. The molecule has 0 saturated carbocycles. The second kappa shape index (κ2) is 6.21. The number of carbonyl (C=O) groups excluding carboxylic acids is 1. The van der Waals surface area contributed by atoms with Gasteiger partial charge in [-0.1, -0.05) is 0 Å². The number of carbonyl (C=O) groups is 1. The molecule has 0 radical (unpaired) electrons. The number of hydrogen-bond donors (Lipinski definition) is 0. The summed E-state index contributed by atoms with van der Waals surface area (Å²) in [5.41, 5.74) is -2.03. The summed E-state index contributed by atoms with van der Waals surface area (Å²) in [6, 6.07) is 0.731. The Hall–Kier alpha value is -1.64. The molecule has 0 amide bonds. The predicted molar refractivity (Wildman–Crippen MR) is 56.8 cm³/mol. The van der Waals surface area contributed by atoms with E-state index >= 15 is 0 Å². The Balaban J connectivity index is 3.43. The third kappa shape index (κ3) is 3.92. The molecule has 0 aliphatic heterocycles. The molecule has 0 fully saturated rings. The highest BCUT2D eigenvalue weighted by Gasteiger charge is 2.35. The van der Waals surface area contributed by atoms with Gasteiger partial charge in [0.15, 0.2) is 0 Å². The van der Waals surface area contributed by atoms with Crippen LogP contribution < -0.4 is 4.74 Å². The molecule has 1 heterocycles. The molecule has 0 bridgehead atoms. The van der Waals surface area contributed by atoms with Gasteiger partial charge in [0.1, 0.15) is 11.3 Å². The van der Waals surface area contributed by atoms with Gasteiger partial charge < -0.3 is 9.47 Å². The summed E-state index contributed by atoms with van der Waals surface area (Å²) in [6.45, 7) is 0. The Morgan fingerprint density at radius 3 is 2.45 bits per heavy atom. The fraction of sp³-hybridized carbons (Fsp3) is 0.400. The first kappa shape index (κ1) is 16.4. The number of aromatic nitrogens is 1. The molecule has 1 aromatic heterocycles. The van der Waals surface area contributed by atoms with Crippen LogP contribution in [0.2, 0.25) is 0 Å². The van der Waals surface area contributed by atoms with Crippen molar-refractivity contribution in [2.45, 2.75) is 18.7 Å². The van der Waals surface area contributed by atoms with E-state index in [0.717, 1.165) is 13.2 Å². The summed E-state index contributed by atoms with van der Waals surface area (Å²) < 4.78 is 69.6. The van der Waals surface area contributed by atoms with E-state index in [4.69, 9.17) is 11.6 Å². The molecule has 0 unspecified atom stereocenters. The number of rotatable bonds is 4. The highest BCUT2D eigenvalue weighted by molar-refractivity contribution is 6.17. The van der Waals surface area contributed by atoms with Crippen molar-refractivity contribution in [3.8, 4) is 5.88 Å². The molecule has 0 saturated heterocycles. The normalized spacial score (nSPS) is 11.6. The summed E-state index contributed by atoms with van der Waals surface area (Å²) in [6.07, 6.45) is -8.37. The van der Waals surface area contributed by atoms with E-state index in [-0.39, 0.29) is 5.56 Å². The predicted octanol–water partition coefficient (Wildman–Crippen LogP) is 3.44. The second-order valence-corrected chi connectivity index (χ2v) is 3.63. The van der Waals surface area contributed by atoms with Crippen LogP contribution >= 0.6 is 11.6 Å². The van der Waals surface area contributed by atoms with Gasteiger partial charge in [-0.2, -0.15) is 0 Å². The average molecular weight is 320 g/mol. The summed E-state index contributed by atoms with van der Waals surface area (Å²) in [5, 5.41) is 0. The number of nitrogens with zero attached hydrogens (tertiary/aromatic N) is 1. The maximum atomic E-state index is 12.7. The molecule has 20 heavy (non-hydrogen) atoms. The standard InChI is InChI=1S/C10H7ClF5NO3/c1-19-9(18)5-2-4(3-11)6(7(12)13)17-8(5)20-10(14,15)16/h2,7H,3H2,1H3. The zero-order chi connectivity index (χ0) is 15.5. The van der Waals surface area contributed by atoms with E-state index in [9.17, 15) is 26.7 Å². The minimum absolute atomic E-state index is 0.295. The lowest BCUT2D eigenvalue weighted by atomic mass is 10.1. The number of halogens is 6. The first-order valence-electron chi connectivity index (χ1n) is 4.91. The van der Waals surface area contributed by atoms with Gasteiger partial charge in [0, 0.05) is 5.88 Å². The third-order valence-electron chi connectivity index (χ3n) is 2.07. The van der Waals surface area contributed by atoms with E-state index in [1.807, 2.05) is 0 Å². The quantitative estimate of drug-likeness (QED) is 0.484. The number of methoxy groups -OCH3 is 1. The van der Waals surface area contributed by atoms with Crippen molar-refractivity contribution in [3.63, 3.8) is 0 Å². The van der Waals surface area contributed by atoms with Crippen LogP contribution in [0.3, 0.4) is 0 Å². The SMILES string of the molecule is COC(=O)c1cc(CCl)c(C(F)F)nc1OC(F)(F)F. The zero-order valence-corrected chi connectivity index (χ0v) is 10.6. The van der Waals surface area contributed by atoms with Gasteiger partial charge in [-0.15, -0.1) is 24.8 Å². The maximum Gasteiger partial charge on any atom is 0.574 e. The molecular weight excluding hydrogens is 313 g/mol. The fourth-order valence-corrected chi connectivity index (χ4v) is 1.50. The average Bonchev–Trinajstić information content (AvgIpc) is 2.35. The number of ether oxygens (including phenoxy) is 2. The van der Waals surface area contributed by atoms with Gasteiger partial charge in [-0.3, -0.25) is 0 Å². The number of esters is 1. The van der Waals surface area contributed by atoms with Crippen LogP contribution in [0.1, 0.15) is 28.0 Å². The molecule has 0 atom stereocenters. The molecular formula is C10H7ClF5NO3. The third-order valence-corrected chi connectivity index (χ3v) is 2.36. The number of pyridine rings is 1. The molecule has 10 heteroatoms. The van der Waals surface area contributed by atoms with Gasteiger partial charge in [-0.25, -0.2) is 18.6 Å². The first-order valence-corrected chi connectivity index (χ1v) is 5.45. The van der Waals surface area contributed by atoms with E-state index in [1.165, 1.54) is 0 Å². The first-order chi connectivity index (χ1) is 9.19. The van der Waals surface area contributed by atoms with Crippen molar-refractivity contribution in [1.29, 1.82) is 0 Å². The van der Waals surface area contributed by atoms with Crippen LogP contribution in [-0.2, 0) is 10.6 Å². The molecule has 0 aromatic carbocycles. The molecule has 1 rings (SSSR count). The van der Waals surface area contributed by atoms with Crippen LogP contribution in [0.5, 0.6) is 5.88 Å². The Morgan fingerprint density at radius 2 is 2.05 bits per heavy atom. The van der Waals surface area contributed by atoms with Crippen molar-refractivity contribution in [1.82, 2.24) is 4.98 Å². The van der Waals surface area contributed by atoms with E-state index in [1.54, 1.807) is 0 Å². The Kier molecular flexibility index (Phi) is 5.09. The van der Waals surface area contributed by atoms with Crippen molar-refractivity contribution < 1.29 is 36.2 Å². The Bertz CT molecular complexity index is 506. The second-order valence-electron chi connectivity index (χ2n) is 3.36. The van der Waals surface area contributed by atoms with Gasteiger partial charge in [0.05, 0.1) is 7.11 Å². The van der Waals surface area contributed by atoms with Crippen LogP contribution in [0.4, 0.5) is 22.0 Å². The van der Waals surface area contributed by atoms with Crippen LogP contribution in [0.25, 0.3) is 0 Å². The highest BCUT2D eigenvalue weighted by atomic mass is 35.5. The summed E-state index contributed by atoms with van der Waals surface area (Å²) >= 11 is 5.39. The van der Waals surface area contributed by atoms with Gasteiger partial charge >= 0.3 is 12.3 Å². The van der Waals surface area contributed by atoms with E-state index in [0.29, 0.717) is 0 Å². The largest absolute Gasteiger partial charge is 0.574 e. The zero-order valence-electron chi connectivity index (χ0n) is 9.80. The van der Waals surface area contributed by atoms with Crippen molar-refractivity contribution in [2.75, 3.05) is 7.11 Å². The monoisotopic (exact) mass is 319 g/mol. The molecule has 0 spiro atoms. The van der Waals surface area contributed by atoms with E-state index < -0.39 is 41.8 Å². The lowest BCUT2D eigenvalue weighted by Gasteiger charge is -2.14. The maximum absolute atomic E-state index is 12.7. The summed E-state index contributed by atoms with van der Waals surface area (Å²) in [7, 11) is 0.904. The molecule has 112 valence electrons. The molecule has 4 nitrogen and oxygen atoms in total.